The Morgan fingerprint density at radius 1 is 0.635 bits per heavy atom. The first kappa shape index (κ1) is 76.1. The molecule has 4 amide bonds. The standard InChI is InChI=1S/C70H97F2N3O21/c1-50-13-16-67(2)57(43-50)58(71)46-56-55-47-61-70(60(78)49-76,68(55,3)48-59(77)69(56,67)72)96-66(95-61)53-9-7-51(8-10-53)44-52-5-4-6-54(45-52)74-63(80)15-19-83-21-23-85-25-27-87-29-31-89-33-35-91-37-39-93-41-42-94-40-38-92-36-34-90-32-30-88-28-26-86-24-22-84-20-17-73-62(79)14-18-75-64(81)11-12-65(75)82/h4-13,16,43,45,55-56,58-59,61,66,76-77H,1,14-15,17-42,44,46-49H2,2-3H3,(H,73,79)(H,74,80)/t55-,56-,58-,59-,61+,66+,67-,68-,69-,70+/m0/s1. The Hall–Kier alpha value is -5.63. The summed E-state index contributed by atoms with van der Waals surface area (Å²) in [6.07, 6.45) is 2.97. The van der Waals surface area contributed by atoms with Crippen LogP contribution in [-0.2, 0) is 96.7 Å². The SMILES string of the molecule is C=C1C=C[C@@]2(C)C(=C1)[C@@H](F)C[C@H]1[C@@H]3C[C@H]4O[C@@H](c5ccc(Cc6cccc(NC(=O)CCOCCOCCOCCOCCOCCOCCOCCOCCOCCOCCOCCOCCNC(=O)CCN7C(=O)C=CC7=O)c6)cc5)O[C@@]4(C(=O)CO)[C@@]3(C)C[C@H](O)[C@@]12F. The monoisotopic (exact) mass is 1350 g/mol. The highest BCUT2D eigenvalue weighted by Gasteiger charge is 2.80. The maximum atomic E-state index is 17.9. The van der Waals surface area contributed by atoms with Crippen molar-refractivity contribution in [3.8, 4) is 0 Å². The van der Waals surface area contributed by atoms with Crippen molar-refractivity contribution in [2.75, 3.05) is 184 Å². The van der Waals surface area contributed by atoms with E-state index in [1.54, 1.807) is 32.1 Å². The molecule has 96 heavy (non-hydrogen) atoms. The summed E-state index contributed by atoms with van der Waals surface area (Å²) in [5, 5.41) is 27.9. The zero-order valence-electron chi connectivity index (χ0n) is 55.4. The number of alkyl halides is 2. The number of benzene rings is 2. The van der Waals surface area contributed by atoms with Crippen molar-refractivity contribution < 1.29 is 109 Å². The molecule has 6 aliphatic rings. The number of carbonyl (C=O) groups excluding carboxylic acids is 5. The highest BCUT2D eigenvalue weighted by atomic mass is 19.1. The van der Waals surface area contributed by atoms with Crippen molar-refractivity contribution in [3.05, 3.63) is 113 Å². The zero-order chi connectivity index (χ0) is 68.2. The zero-order valence-corrected chi connectivity index (χ0v) is 55.4. The molecule has 0 spiro atoms. The number of aliphatic hydroxyl groups excluding tert-OH is 2. The van der Waals surface area contributed by atoms with Gasteiger partial charge in [-0.05, 0) is 72.9 Å². The minimum absolute atomic E-state index is 0.0370. The Bertz CT molecular complexity index is 2900. The van der Waals surface area contributed by atoms with E-state index in [1.807, 2.05) is 48.5 Å². The smallest absolute Gasteiger partial charge is 0.253 e. The van der Waals surface area contributed by atoms with E-state index in [0.29, 0.717) is 182 Å². The molecule has 26 heteroatoms. The van der Waals surface area contributed by atoms with Gasteiger partial charge in [0.05, 0.1) is 177 Å². The molecule has 0 bridgehead atoms. The van der Waals surface area contributed by atoms with E-state index >= 15 is 8.78 Å². The lowest BCUT2D eigenvalue weighted by atomic mass is 9.44. The van der Waals surface area contributed by atoms with Crippen LogP contribution in [0.4, 0.5) is 14.5 Å². The van der Waals surface area contributed by atoms with E-state index in [4.69, 9.17) is 66.3 Å². The second-order valence-electron chi connectivity index (χ2n) is 24.7. The van der Waals surface area contributed by atoms with Crippen LogP contribution in [0.3, 0.4) is 0 Å². The predicted octanol–water partition coefficient (Wildman–Crippen LogP) is 4.87. The number of halogens is 2. The number of ketones is 1. The maximum absolute atomic E-state index is 17.9. The van der Waals surface area contributed by atoms with Crippen LogP contribution in [0.1, 0.15) is 68.9 Å². The molecule has 3 saturated carbocycles. The van der Waals surface area contributed by atoms with E-state index in [1.165, 1.54) is 12.2 Å². The molecule has 0 unspecified atom stereocenters. The number of hydrogen-bond acceptors (Lipinski definition) is 21. The van der Waals surface area contributed by atoms with Gasteiger partial charge in [-0.1, -0.05) is 68.1 Å². The summed E-state index contributed by atoms with van der Waals surface area (Å²) in [6, 6.07) is 15.1. The van der Waals surface area contributed by atoms with Crippen LogP contribution >= 0.6 is 0 Å². The van der Waals surface area contributed by atoms with Crippen molar-refractivity contribution in [1.82, 2.24) is 10.2 Å². The summed E-state index contributed by atoms with van der Waals surface area (Å²) in [6.45, 7) is 16.6. The molecule has 4 fully saturated rings. The summed E-state index contributed by atoms with van der Waals surface area (Å²) < 4.78 is 113. The second kappa shape index (κ2) is 38.7. The molecule has 24 nitrogen and oxygen atoms in total. The molecule has 0 aromatic heterocycles. The van der Waals surface area contributed by atoms with Crippen molar-refractivity contribution in [3.63, 3.8) is 0 Å². The molecule has 0 radical (unpaired) electrons. The van der Waals surface area contributed by atoms with Gasteiger partial charge in [-0.25, -0.2) is 8.78 Å². The number of amides is 4. The molecule has 2 aromatic rings. The number of nitrogens with zero attached hydrogens (tertiary/aromatic N) is 1. The maximum Gasteiger partial charge on any atom is 0.253 e. The van der Waals surface area contributed by atoms with Gasteiger partial charge in [0.15, 0.2) is 23.3 Å². The van der Waals surface area contributed by atoms with Crippen molar-refractivity contribution in [1.29, 1.82) is 0 Å². The third-order valence-electron chi connectivity index (χ3n) is 18.5. The van der Waals surface area contributed by atoms with E-state index in [-0.39, 0.29) is 62.6 Å². The fourth-order valence-electron chi connectivity index (χ4n) is 13.7. The molecule has 4 N–H and O–H groups in total. The number of fused-ring (bicyclic) bond motifs is 7. The number of allylic oxidation sites excluding steroid dienone is 5. The number of Topliss-reactive ketones (excluding diaryl/α,β-unsaturated/α-hetero) is 1. The Balaban J connectivity index is 0.550. The summed E-state index contributed by atoms with van der Waals surface area (Å²) in [5.74, 6) is -3.44. The number of hydrogen-bond donors (Lipinski definition) is 4. The van der Waals surface area contributed by atoms with Crippen molar-refractivity contribution in [2.24, 2.45) is 22.7 Å². The van der Waals surface area contributed by atoms with Gasteiger partial charge in [-0.15, -0.1) is 0 Å². The van der Waals surface area contributed by atoms with Crippen molar-refractivity contribution in [2.45, 2.75) is 88.3 Å². The Labute approximate surface area is 560 Å². The van der Waals surface area contributed by atoms with Crippen LogP contribution in [0.15, 0.2) is 96.6 Å². The Morgan fingerprint density at radius 2 is 1.14 bits per heavy atom. The molecular weight excluding hydrogens is 1260 g/mol. The molecule has 2 heterocycles. The lowest BCUT2D eigenvalue weighted by Gasteiger charge is -2.63. The van der Waals surface area contributed by atoms with E-state index in [2.05, 4.69) is 17.2 Å². The topological polar surface area (TPSA) is 282 Å². The first-order valence-electron chi connectivity index (χ1n) is 33.3. The number of ether oxygens (including phenoxy) is 14. The van der Waals surface area contributed by atoms with Gasteiger partial charge in [-0.3, -0.25) is 28.9 Å². The fraction of sp³-hybridized carbons (Fsp3) is 0.643. The van der Waals surface area contributed by atoms with Gasteiger partial charge in [0, 0.05) is 59.7 Å². The molecular formula is C70H97F2N3O21. The lowest BCUT2D eigenvalue weighted by molar-refractivity contribution is -0.235. The van der Waals surface area contributed by atoms with Gasteiger partial charge in [-0.2, -0.15) is 0 Å². The van der Waals surface area contributed by atoms with Crippen LogP contribution in [0, 0.1) is 22.7 Å². The Kier molecular flexibility index (Phi) is 30.7. The highest BCUT2D eigenvalue weighted by molar-refractivity contribution is 6.13. The number of aliphatic hydroxyl groups is 2. The normalized spacial score (nSPS) is 26.4. The molecule has 2 aromatic carbocycles. The largest absolute Gasteiger partial charge is 0.390 e. The fourth-order valence-corrected chi connectivity index (χ4v) is 13.7. The molecule has 10 atom stereocenters. The van der Waals surface area contributed by atoms with E-state index < -0.39 is 82.8 Å². The van der Waals surface area contributed by atoms with Gasteiger partial charge in [0.25, 0.3) is 11.8 Å². The summed E-state index contributed by atoms with van der Waals surface area (Å²) >= 11 is 0. The first-order valence-corrected chi connectivity index (χ1v) is 33.3. The van der Waals surface area contributed by atoms with E-state index in [9.17, 15) is 34.2 Å². The molecule has 4 aliphatic carbocycles. The van der Waals surface area contributed by atoms with Gasteiger partial charge in [0.2, 0.25) is 11.8 Å². The van der Waals surface area contributed by atoms with Gasteiger partial charge in [0.1, 0.15) is 12.8 Å². The number of anilines is 1. The number of imide groups is 1. The van der Waals surface area contributed by atoms with Gasteiger partial charge < -0.3 is 87.2 Å². The summed E-state index contributed by atoms with van der Waals surface area (Å²) in [7, 11) is 0. The third-order valence-corrected chi connectivity index (χ3v) is 18.5. The highest BCUT2D eigenvalue weighted by Crippen LogP contribution is 2.73. The number of rotatable bonds is 48. The average Bonchev–Trinajstić information content (AvgIpc) is 1.40. The summed E-state index contributed by atoms with van der Waals surface area (Å²) in [4.78, 5) is 62.7. The minimum Gasteiger partial charge on any atom is -0.390 e. The second-order valence-corrected chi connectivity index (χ2v) is 24.7. The van der Waals surface area contributed by atoms with Crippen LogP contribution in [0.2, 0.25) is 0 Å². The van der Waals surface area contributed by atoms with Crippen molar-refractivity contribution >= 4 is 35.1 Å². The molecule has 532 valence electrons. The molecule has 1 saturated heterocycles. The average molecular weight is 1350 g/mol. The Morgan fingerprint density at radius 3 is 1.65 bits per heavy atom. The quantitative estimate of drug-likeness (QED) is 0.0508. The first-order chi connectivity index (χ1) is 46.5. The van der Waals surface area contributed by atoms with Crippen LogP contribution in [0.5, 0.6) is 0 Å². The third kappa shape index (κ3) is 20.3. The summed E-state index contributed by atoms with van der Waals surface area (Å²) in [5.41, 5.74) is -2.50. The van der Waals surface area contributed by atoms with E-state index in [0.717, 1.165) is 16.0 Å². The van der Waals surface area contributed by atoms with Gasteiger partial charge >= 0.3 is 0 Å². The minimum atomic E-state index is -2.23. The number of carbonyl (C=O) groups is 5. The predicted molar refractivity (Wildman–Crippen MR) is 344 cm³/mol. The lowest BCUT2D eigenvalue weighted by Crippen LogP contribution is -2.70. The molecule has 2 aliphatic heterocycles. The van der Waals surface area contributed by atoms with Crippen LogP contribution in [-0.4, -0.2) is 252 Å². The van der Waals surface area contributed by atoms with Crippen LogP contribution < -0.4 is 10.6 Å². The van der Waals surface area contributed by atoms with Crippen LogP contribution in [0.25, 0.3) is 0 Å². The molecule has 8 rings (SSSR count). The number of nitrogens with one attached hydrogen (secondary N) is 2.